The molecule has 3 N–H and O–H groups in total. The molecule has 96 valence electrons. The van der Waals surface area contributed by atoms with Crippen molar-refractivity contribution in [2.45, 2.75) is 19.3 Å². The van der Waals surface area contributed by atoms with Crippen molar-refractivity contribution in [2.24, 2.45) is 5.73 Å². The number of H-pyrrole nitrogens is 1. The molecule has 0 aliphatic heterocycles. The average molecular weight is 251 g/mol. The number of imidazole rings is 1. The van der Waals surface area contributed by atoms with Crippen LogP contribution < -0.4 is 5.73 Å². The molecule has 0 saturated carbocycles. The van der Waals surface area contributed by atoms with Crippen molar-refractivity contribution in [1.29, 1.82) is 0 Å². The number of nitrogens with two attached hydrogens (primary N) is 1. The first kappa shape index (κ1) is 12.7. The minimum atomic E-state index is -0.479. The van der Waals surface area contributed by atoms with E-state index in [1.165, 1.54) is 6.20 Å². The molecule has 0 amide bonds. The van der Waals surface area contributed by atoms with Crippen molar-refractivity contribution >= 4 is 0 Å². The molecule has 5 heteroatoms. The van der Waals surface area contributed by atoms with Crippen LogP contribution in [0.4, 0.5) is 8.78 Å². The van der Waals surface area contributed by atoms with E-state index in [4.69, 9.17) is 5.73 Å². The summed E-state index contributed by atoms with van der Waals surface area (Å²) in [6, 6.07) is 3.34. The molecule has 0 bridgehead atoms. The molecule has 3 nitrogen and oxygen atoms in total. The highest BCUT2D eigenvalue weighted by Gasteiger charge is 2.14. The van der Waals surface area contributed by atoms with Crippen molar-refractivity contribution in [3.8, 4) is 11.3 Å². The number of nitrogens with one attached hydrogen (secondary N) is 1. The largest absolute Gasteiger partial charge is 0.342 e. The summed E-state index contributed by atoms with van der Waals surface area (Å²) < 4.78 is 26.7. The second-order valence-corrected chi connectivity index (χ2v) is 4.15. The summed E-state index contributed by atoms with van der Waals surface area (Å²) in [5.74, 6) is -0.144. The van der Waals surface area contributed by atoms with E-state index in [1.807, 2.05) is 6.92 Å². The molecule has 0 radical (unpaired) electrons. The summed E-state index contributed by atoms with van der Waals surface area (Å²) in [4.78, 5) is 7.18. The van der Waals surface area contributed by atoms with Gasteiger partial charge in [0.1, 0.15) is 17.5 Å². The zero-order valence-corrected chi connectivity index (χ0v) is 10.1. The number of nitrogens with zero attached hydrogens (tertiary/aromatic N) is 1. The lowest BCUT2D eigenvalue weighted by atomic mass is 10.1. The summed E-state index contributed by atoms with van der Waals surface area (Å²) in [5.41, 5.74) is 6.27. The van der Waals surface area contributed by atoms with Gasteiger partial charge in [0.15, 0.2) is 0 Å². The molecular weight excluding hydrogens is 236 g/mol. The van der Waals surface area contributed by atoms with E-state index >= 15 is 0 Å². The smallest absolute Gasteiger partial charge is 0.132 e. The van der Waals surface area contributed by atoms with Gasteiger partial charge in [0.05, 0.1) is 11.9 Å². The van der Waals surface area contributed by atoms with Gasteiger partial charge in [0.2, 0.25) is 0 Å². The van der Waals surface area contributed by atoms with Crippen LogP contribution in [0.15, 0.2) is 24.4 Å². The second-order valence-electron chi connectivity index (χ2n) is 4.15. The maximum absolute atomic E-state index is 13.6. The number of hydrogen-bond acceptors (Lipinski definition) is 2. The van der Waals surface area contributed by atoms with Gasteiger partial charge < -0.3 is 10.7 Å². The van der Waals surface area contributed by atoms with Crippen molar-refractivity contribution in [2.75, 3.05) is 6.54 Å². The molecule has 1 atom stereocenters. The number of hydrogen-bond donors (Lipinski definition) is 2. The van der Waals surface area contributed by atoms with Gasteiger partial charge in [-0.2, -0.15) is 0 Å². The first-order chi connectivity index (χ1) is 8.65. The molecule has 0 aliphatic rings. The molecule has 2 rings (SSSR count). The van der Waals surface area contributed by atoms with E-state index in [9.17, 15) is 8.78 Å². The van der Waals surface area contributed by atoms with E-state index in [0.717, 1.165) is 24.6 Å². The highest BCUT2D eigenvalue weighted by Crippen LogP contribution is 2.24. The highest BCUT2D eigenvalue weighted by atomic mass is 19.1. The number of halogens is 2. The van der Waals surface area contributed by atoms with Crippen LogP contribution in [0.2, 0.25) is 0 Å². The summed E-state index contributed by atoms with van der Waals surface area (Å²) in [6.07, 6.45) is 2.35. The normalized spacial score (nSPS) is 12.7. The van der Waals surface area contributed by atoms with Crippen molar-refractivity contribution in [3.63, 3.8) is 0 Å². The molecule has 2 aromatic rings. The minimum absolute atomic E-state index is 0.107. The predicted molar refractivity (Wildman–Crippen MR) is 66.0 cm³/mol. The Balaban J connectivity index is 2.37. The van der Waals surface area contributed by atoms with Crippen molar-refractivity contribution < 1.29 is 8.78 Å². The molecule has 1 heterocycles. The quantitative estimate of drug-likeness (QED) is 0.877. The monoisotopic (exact) mass is 251 g/mol. The van der Waals surface area contributed by atoms with Gasteiger partial charge in [-0.3, -0.25) is 0 Å². The number of aromatic amines is 1. The van der Waals surface area contributed by atoms with E-state index < -0.39 is 11.6 Å². The lowest BCUT2D eigenvalue weighted by Crippen LogP contribution is -2.12. The van der Waals surface area contributed by atoms with Gasteiger partial charge in [-0.25, -0.2) is 13.8 Å². The van der Waals surface area contributed by atoms with Crippen LogP contribution in [-0.4, -0.2) is 16.5 Å². The Bertz CT molecular complexity index is 533. The zero-order valence-electron chi connectivity index (χ0n) is 10.1. The van der Waals surface area contributed by atoms with E-state index in [1.54, 1.807) is 0 Å². The zero-order chi connectivity index (χ0) is 13.1. The lowest BCUT2D eigenvalue weighted by molar-refractivity contribution is 0.602. The molecular formula is C13H15F2N3. The van der Waals surface area contributed by atoms with Crippen LogP contribution in [0, 0.1) is 11.6 Å². The van der Waals surface area contributed by atoms with Crippen LogP contribution >= 0.6 is 0 Å². The predicted octanol–water partition coefficient (Wildman–Crippen LogP) is 2.81. The number of benzene rings is 1. The number of aromatic nitrogens is 2. The Morgan fingerprint density at radius 2 is 2.17 bits per heavy atom. The molecule has 1 aromatic heterocycles. The Hall–Kier alpha value is -1.75. The molecule has 1 unspecified atom stereocenters. The third-order valence-corrected chi connectivity index (χ3v) is 2.98. The van der Waals surface area contributed by atoms with E-state index in [-0.39, 0.29) is 11.5 Å². The average Bonchev–Trinajstić information content (AvgIpc) is 2.83. The van der Waals surface area contributed by atoms with Gasteiger partial charge in [-0.05, 0) is 24.6 Å². The van der Waals surface area contributed by atoms with Gasteiger partial charge in [0.25, 0.3) is 0 Å². The maximum atomic E-state index is 13.6. The fourth-order valence-corrected chi connectivity index (χ4v) is 1.86. The van der Waals surface area contributed by atoms with E-state index in [2.05, 4.69) is 9.97 Å². The third kappa shape index (κ3) is 2.41. The summed E-state index contributed by atoms with van der Waals surface area (Å²) in [5, 5.41) is 0. The summed E-state index contributed by atoms with van der Waals surface area (Å²) in [6.45, 7) is 2.47. The summed E-state index contributed by atoms with van der Waals surface area (Å²) in [7, 11) is 0. The van der Waals surface area contributed by atoms with Crippen LogP contribution in [0.1, 0.15) is 25.1 Å². The SMILES string of the molecule is CCC(CN)c1ncc(-c2cc(F)ccc2F)[nH]1. The summed E-state index contributed by atoms with van der Waals surface area (Å²) >= 11 is 0. The molecule has 0 saturated heterocycles. The standard InChI is InChI=1S/C13H15F2N3/c1-2-8(6-16)13-17-7-12(18-13)10-5-9(14)3-4-11(10)15/h3-5,7-8H,2,6,16H2,1H3,(H,17,18). The molecule has 0 aliphatic carbocycles. The van der Waals surface area contributed by atoms with Crippen molar-refractivity contribution in [1.82, 2.24) is 9.97 Å². The number of rotatable bonds is 4. The van der Waals surface area contributed by atoms with Gasteiger partial charge in [-0.1, -0.05) is 6.92 Å². The van der Waals surface area contributed by atoms with Crippen LogP contribution in [0.25, 0.3) is 11.3 Å². The Morgan fingerprint density at radius 1 is 1.39 bits per heavy atom. The topological polar surface area (TPSA) is 54.7 Å². The fraction of sp³-hybridized carbons (Fsp3) is 0.308. The first-order valence-electron chi connectivity index (χ1n) is 5.86. The van der Waals surface area contributed by atoms with Gasteiger partial charge in [0, 0.05) is 18.0 Å². The van der Waals surface area contributed by atoms with Crippen LogP contribution in [-0.2, 0) is 0 Å². The second kappa shape index (κ2) is 5.27. The van der Waals surface area contributed by atoms with Crippen LogP contribution in [0.3, 0.4) is 0 Å². The Kier molecular flexibility index (Phi) is 3.72. The van der Waals surface area contributed by atoms with E-state index in [0.29, 0.717) is 18.1 Å². The molecule has 18 heavy (non-hydrogen) atoms. The fourth-order valence-electron chi connectivity index (χ4n) is 1.86. The molecule has 1 aromatic carbocycles. The highest BCUT2D eigenvalue weighted by molar-refractivity contribution is 5.59. The first-order valence-corrected chi connectivity index (χ1v) is 5.86. The van der Waals surface area contributed by atoms with Crippen LogP contribution in [0.5, 0.6) is 0 Å². The van der Waals surface area contributed by atoms with Gasteiger partial charge >= 0.3 is 0 Å². The molecule has 0 fully saturated rings. The molecule has 0 spiro atoms. The maximum Gasteiger partial charge on any atom is 0.132 e. The minimum Gasteiger partial charge on any atom is -0.342 e. The van der Waals surface area contributed by atoms with Gasteiger partial charge in [-0.15, -0.1) is 0 Å². The van der Waals surface area contributed by atoms with Crippen molar-refractivity contribution in [3.05, 3.63) is 41.9 Å². The third-order valence-electron chi connectivity index (χ3n) is 2.98. The Morgan fingerprint density at radius 3 is 2.83 bits per heavy atom. The lowest BCUT2D eigenvalue weighted by Gasteiger charge is -2.08. The Labute approximate surface area is 104 Å².